The largest absolute Gasteiger partial charge is 0.376 e. The fourth-order valence-electron chi connectivity index (χ4n) is 1.84. The minimum Gasteiger partial charge on any atom is -0.376 e. The molecule has 0 unspecified atom stereocenters. The van der Waals surface area contributed by atoms with Crippen LogP contribution >= 0.6 is 0 Å². The summed E-state index contributed by atoms with van der Waals surface area (Å²) in [5, 5.41) is 0. The third-order valence-corrected chi connectivity index (χ3v) is 2.55. The molecule has 2 heterocycles. The molecule has 1 aromatic heterocycles. The summed E-state index contributed by atoms with van der Waals surface area (Å²) in [4.78, 5) is 4.35. The third kappa shape index (κ3) is 2.58. The molecule has 4 nitrogen and oxygen atoms in total. The van der Waals surface area contributed by atoms with E-state index < -0.39 is 0 Å². The van der Waals surface area contributed by atoms with Gasteiger partial charge in [0.1, 0.15) is 5.82 Å². The summed E-state index contributed by atoms with van der Waals surface area (Å²) in [6.45, 7) is 7.26. The molecule has 0 aliphatic carbocycles. The van der Waals surface area contributed by atoms with Gasteiger partial charge >= 0.3 is 0 Å². The maximum absolute atomic E-state index is 5.61. The number of hydrogen-bond acceptors (Lipinski definition) is 3. The Morgan fingerprint density at radius 1 is 1.53 bits per heavy atom. The lowest BCUT2D eigenvalue weighted by Crippen LogP contribution is -2.32. The van der Waals surface area contributed by atoms with E-state index in [9.17, 15) is 0 Å². The molecule has 4 heteroatoms. The summed E-state index contributed by atoms with van der Waals surface area (Å²) in [5.74, 6) is 1.56. The molecule has 1 aliphatic rings. The zero-order valence-electron chi connectivity index (χ0n) is 9.35. The highest BCUT2D eigenvalue weighted by atomic mass is 16.6. The van der Waals surface area contributed by atoms with Gasteiger partial charge in [-0.3, -0.25) is 0 Å². The smallest absolute Gasteiger partial charge is 0.111 e. The van der Waals surface area contributed by atoms with Gasteiger partial charge in [-0.25, -0.2) is 4.98 Å². The Balaban J connectivity index is 1.99. The molecule has 0 radical (unpaired) electrons. The molecule has 0 N–H and O–H groups in total. The van der Waals surface area contributed by atoms with Gasteiger partial charge in [-0.2, -0.15) is 0 Å². The molecule has 1 fully saturated rings. The molecule has 2 rings (SSSR count). The van der Waals surface area contributed by atoms with Gasteiger partial charge in [0.15, 0.2) is 0 Å². The molecule has 0 aromatic carbocycles. The number of rotatable bonds is 3. The molecule has 0 amide bonds. The van der Waals surface area contributed by atoms with E-state index in [4.69, 9.17) is 9.47 Å². The van der Waals surface area contributed by atoms with Crippen molar-refractivity contribution in [2.45, 2.75) is 32.4 Å². The molecule has 1 atom stereocenters. The summed E-state index contributed by atoms with van der Waals surface area (Å²) in [7, 11) is 0. The second-order valence-corrected chi connectivity index (χ2v) is 4.16. The van der Waals surface area contributed by atoms with Crippen molar-refractivity contribution in [3.05, 3.63) is 18.2 Å². The van der Waals surface area contributed by atoms with Gasteiger partial charge in [0.05, 0.1) is 32.5 Å². The summed E-state index contributed by atoms with van der Waals surface area (Å²) in [5.41, 5.74) is 0. The van der Waals surface area contributed by atoms with Crippen LogP contribution in [0.1, 0.15) is 25.6 Å². The van der Waals surface area contributed by atoms with Gasteiger partial charge < -0.3 is 14.0 Å². The van der Waals surface area contributed by atoms with E-state index in [-0.39, 0.29) is 6.10 Å². The molecule has 0 spiro atoms. The van der Waals surface area contributed by atoms with E-state index >= 15 is 0 Å². The van der Waals surface area contributed by atoms with Crippen LogP contribution in [-0.2, 0) is 16.0 Å². The maximum atomic E-state index is 5.61. The number of hydrogen-bond donors (Lipinski definition) is 0. The Labute approximate surface area is 90.2 Å². The highest BCUT2D eigenvalue weighted by Crippen LogP contribution is 2.13. The second kappa shape index (κ2) is 4.77. The van der Waals surface area contributed by atoms with Crippen molar-refractivity contribution in [1.82, 2.24) is 9.55 Å². The first-order valence-electron chi connectivity index (χ1n) is 5.47. The Hall–Kier alpha value is -0.870. The standard InChI is InChI=1S/C11H18N2O2/c1-9(2)11-12-3-4-13(11)7-10-8-14-5-6-15-10/h3-4,9-10H,5-8H2,1-2H3/t10-/m0/s1. The molecule has 1 saturated heterocycles. The lowest BCUT2D eigenvalue weighted by Gasteiger charge is -2.24. The van der Waals surface area contributed by atoms with Gasteiger partial charge in [-0.15, -0.1) is 0 Å². The maximum Gasteiger partial charge on any atom is 0.111 e. The van der Waals surface area contributed by atoms with E-state index in [1.165, 1.54) is 0 Å². The number of aromatic nitrogens is 2. The summed E-state index contributed by atoms with van der Waals surface area (Å²) < 4.78 is 13.1. The Morgan fingerprint density at radius 2 is 2.40 bits per heavy atom. The van der Waals surface area contributed by atoms with Crippen LogP contribution < -0.4 is 0 Å². The van der Waals surface area contributed by atoms with E-state index in [1.807, 2.05) is 12.4 Å². The van der Waals surface area contributed by atoms with Crippen LogP contribution in [0.15, 0.2) is 12.4 Å². The molecular weight excluding hydrogens is 192 g/mol. The molecule has 0 bridgehead atoms. The predicted molar refractivity (Wildman–Crippen MR) is 56.9 cm³/mol. The third-order valence-electron chi connectivity index (χ3n) is 2.55. The van der Waals surface area contributed by atoms with Crippen molar-refractivity contribution in [2.24, 2.45) is 0 Å². The van der Waals surface area contributed by atoms with Gasteiger partial charge in [0.2, 0.25) is 0 Å². The molecule has 84 valence electrons. The lowest BCUT2D eigenvalue weighted by atomic mass is 10.2. The van der Waals surface area contributed by atoms with Crippen LogP contribution in [-0.4, -0.2) is 35.5 Å². The van der Waals surface area contributed by atoms with Crippen LogP contribution in [0.2, 0.25) is 0 Å². The highest BCUT2D eigenvalue weighted by Gasteiger charge is 2.17. The average molecular weight is 210 g/mol. The van der Waals surface area contributed by atoms with Crippen molar-refractivity contribution in [1.29, 1.82) is 0 Å². The van der Waals surface area contributed by atoms with Gasteiger partial charge in [-0.1, -0.05) is 13.8 Å². The fourth-order valence-corrected chi connectivity index (χ4v) is 1.84. The van der Waals surface area contributed by atoms with Crippen molar-refractivity contribution in [3.8, 4) is 0 Å². The molecular formula is C11H18N2O2. The van der Waals surface area contributed by atoms with E-state index in [2.05, 4.69) is 23.4 Å². The van der Waals surface area contributed by atoms with E-state index in [0.29, 0.717) is 19.1 Å². The quantitative estimate of drug-likeness (QED) is 0.757. The fraction of sp³-hybridized carbons (Fsp3) is 0.727. The summed E-state index contributed by atoms with van der Waals surface area (Å²) in [6, 6.07) is 0. The first-order chi connectivity index (χ1) is 7.27. The Bertz CT molecular complexity index is 303. The lowest BCUT2D eigenvalue weighted by molar-refractivity contribution is -0.0938. The van der Waals surface area contributed by atoms with E-state index in [1.54, 1.807) is 0 Å². The normalized spacial score (nSPS) is 22.2. The first kappa shape index (κ1) is 10.6. The zero-order valence-corrected chi connectivity index (χ0v) is 9.35. The first-order valence-corrected chi connectivity index (χ1v) is 5.47. The van der Waals surface area contributed by atoms with Crippen LogP contribution in [0.5, 0.6) is 0 Å². The molecule has 0 saturated carbocycles. The summed E-state index contributed by atoms with van der Waals surface area (Å²) >= 11 is 0. The highest BCUT2D eigenvalue weighted by molar-refractivity contribution is 4.98. The second-order valence-electron chi connectivity index (χ2n) is 4.16. The Kier molecular flexibility index (Phi) is 3.38. The van der Waals surface area contributed by atoms with Crippen molar-refractivity contribution in [2.75, 3.05) is 19.8 Å². The van der Waals surface area contributed by atoms with Crippen LogP contribution in [0.3, 0.4) is 0 Å². The SMILES string of the molecule is CC(C)c1nccn1C[C@H]1COCCO1. The van der Waals surface area contributed by atoms with Crippen LogP contribution in [0.4, 0.5) is 0 Å². The van der Waals surface area contributed by atoms with Gasteiger partial charge in [0, 0.05) is 18.3 Å². The van der Waals surface area contributed by atoms with Crippen LogP contribution in [0, 0.1) is 0 Å². The van der Waals surface area contributed by atoms with Crippen molar-refractivity contribution >= 4 is 0 Å². The van der Waals surface area contributed by atoms with E-state index in [0.717, 1.165) is 19.0 Å². The molecule has 15 heavy (non-hydrogen) atoms. The average Bonchev–Trinajstić information content (AvgIpc) is 2.67. The Morgan fingerprint density at radius 3 is 3.07 bits per heavy atom. The minimum atomic E-state index is 0.172. The van der Waals surface area contributed by atoms with Gasteiger partial charge in [-0.05, 0) is 0 Å². The number of ether oxygens (including phenoxy) is 2. The number of imidazole rings is 1. The predicted octanol–water partition coefficient (Wildman–Crippen LogP) is 1.42. The van der Waals surface area contributed by atoms with Crippen molar-refractivity contribution in [3.63, 3.8) is 0 Å². The van der Waals surface area contributed by atoms with Crippen LogP contribution in [0.25, 0.3) is 0 Å². The molecule has 1 aliphatic heterocycles. The zero-order chi connectivity index (χ0) is 10.7. The van der Waals surface area contributed by atoms with Gasteiger partial charge in [0.25, 0.3) is 0 Å². The topological polar surface area (TPSA) is 36.3 Å². The minimum absolute atomic E-state index is 0.172. The monoisotopic (exact) mass is 210 g/mol. The molecule has 1 aromatic rings. The van der Waals surface area contributed by atoms with Crippen molar-refractivity contribution < 1.29 is 9.47 Å². The summed E-state index contributed by atoms with van der Waals surface area (Å²) in [6.07, 6.45) is 4.03. The number of nitrogens with zero attached hydrogens (tertiary/aromatic N) is 2.